The zero-order valence-corrected chi connectivity index (χ0v) is 16.4. The van der Waals surface area contributed by atoms with Crippen LogP contribution in [0.3, 0.4) is 0 Å². The number of hydrogen-bond donors (Lipinski definition) is 1. The number of benzene rings is 2. The summed E-state index contributed by atoms with van der Waals surface area (Å²) in [5.41, 5.74) is -0.833. The Morgan fingerprint density at radius 1 is 0.958 bits per heavy atom. The molecule has 0 aliphatic carbocycles. The third kappa shape index (κ3) is 5.01. The molecule has 24 heavy (non-hydrogen) atoms. The molecule has 0 unspecified atom stereocenters. The summed E-state index contributed by atoms with van der Waals surface area (Å²) in [4.78, 5) is 0. The minimum atomic E-state index is -3.65. The molecule has 0 aliphatic heterocycles. The predicted octanol–water partition coefficient (Wildman–Crippen LogP) is 5.12. The van der Waals surface area contributed by atoms with Crippen LogP contribution in [-0.4, -0.2) is 19.3 Å². The summed E-state index contributed by atoms with van der Waals surface area (Å²) in [6.07, 6.45) is 0. The summed E-state index contributed by atoms with van der Waals surface area (Å²) in [7, 11) is -3.65. The average Bonchev–Trinajstić information content (AvgIpc) is 2.43. The summed E-state index contributed by atoms with van der Waals surface area (Å²) in [5, 5.41) is 11.8. The van der Waals surface area contributed by atoms with Crippen LogP contribution in [0.15, 0.2) is 36.4 Å². The largest absolute Gasteiger partial charge is 0.384 e. The van der Waals surface area contributed by atoms with E-state index in [9.17, 15) is 13.5 Å². The molecular formula is C16H14Cl4O3S. The predicted molar refractivity (Wildman–Crippen MR) is 100.0 cm³/mol. The Bertz CT molecular complexity index is 864. The van der Waals surface area contributed by atoms with Crippen molar-refractivity contribution in [3.63, 3.8) is 0 Å². The van der Waals surface area contributed by atoms with Gasteiger partial charge in [0.2, 0.25) is 0 Å². The van der Waals surface area contributed by atoms with E-state index in [4.69, 9.17) is 46.4 Å². The standard InChI is InChI=1S/C16H14Cl4O3S/c1-16(21,11-3-5-13(18)15(20)6-11)9-24(22,23)8-10-2-4-12(17)7-14(10)19/h2-7,21H,8-9H2,1H3/t16-/m0/s1. The van der Waals surface area contributed by atoms with E-state index in [2.05, 4.69) is 0 Å². The van der Waals surface area contributed by atoms with Gasteiger partial charge in [-0.05, 0) is 42.3 Å². The monoisotopic (exact) mass is 426 g/mol. The van der Waals surface area contributed by atoms with Crippen LogP contribution in [0.1, 0.15) is 18.1 Å². The van der Waals surface area contributed by atoms with Gasteiger partial charge in [-0.3, -0.25) is 0 Å². The Labute approximate surface area is 161 Å². The van der Waals surface area contributed by atoms with Crippen LogP contribution >= 0.6 is 46.4 Å². The lowest BCUT2D eigenvalue weighted by Crippen LogP contribution is -2.32. The topological polar surface area (TPSA) is 54.4 Å². The third-order valence-electron chi connectivity index (χ3n) is 3.43. The fourth-order valence-electron chi connectivity index (χ4n) is 2.27. The first-order chi connectivity index (χ1) is 11.0. The smallest absolute Gasteiger partial charge is 0.157 e. The first kappa shape index (κ1) is 19.8. The average molecular weight is 428 g/mol. The van der Waals surface area contributed by atoms with Crippen molar-refractivity contribution < 1.29 is 13.5 Å². The Balaban J connectivity index is 2.24. The molecule has 2 aromatic rings. The van der Waals surface area contributed by atoms with Crippen LogP contribution in [0.4, 0.5) is 0 Å². The zero-order chi connectivity index (χ0) is 18.1. The molecule has 0 saturated carbocycles. The number of hydrogen-bond acceptors (Lipinski definition) is 3. The number of halogens is 4. The minimum Gasteiger partial charge on any atom is -0.384 e. The highest BCUT2D eigenvalue weighted by Gasteiger charge is 2.31. The molecule has 1 N–H and O–H groups in total. The van der Waals surface area contributed by atoms with Gasteiger partial charge in [0.1, 0.15) is 5.60 Å². The molecule has 0 radical (unpaired) electrons. The van der Waals surface area contributed by atoms with E-state index in [1.54, 1.807) is 18.2 Å². The molecule has 3 nitrogen and oxygen atoms in total. The van der Waals surface area contributed by atoms with Crippen molar-refractivity contribution in [1.29, 1.82) is 0 Å². The lowest BCUT2D eigenvalue weighted by molar-refractivity contribution is 0.0819. The maximum atomic E-state index is 12.5. The lowest BCUT2D eigenvalue weighted by atomic mass is 9.98. The highest BCUT2D eigenvalue weighted by Crippen LogP contribution is 2.31. The van der Waals surface area contributed by atoms with Gasteiger partial charge in [0, 0.05) is 10.0 Å². The Morgan fingerprint density at radius 3 is 2.21 bits per heavy atom. The molecule has 0 aromatic heterocycles. The summed E-state index contributed by atoms with van der Waals surface area (Å²) < 4.78 is 24.9. The SMILES string of the molecule is C[C@](O)(CS(=O)(=O)Cc1ccc(Cl)cc1Cl)c1ccc(Cl)c(Cl)c1. The van der Waals surface area contributed by atoms with E-state index in [0.29, 0.717) is 21.2 Å². The second kappa shape index (κ2) is 7.40. The van der Waals surface area contributed by atoms with Gasteiger partial charge in [0.05, 0.1) is 21.6 Å². The van der Waals surface area contributed by atoms with E-state index < -0.39 is 21.2 Å². The maximum absolute atomic E-state index is 12.5. The van der Waals surface area contributed by atoms with Gasteiger partial charge in [-0.2, -0.15) is 0 Å². The van der Waals surface area contributed by atoms with Crippen LogP contribution in [0.2, 0.25) is 20.1 Å². The number of aliphatic hydroxyl groups is 1. The van der Waals surface area contributed by atoms with Crippen molar-refractivity contribution in [3.05, 3.63) is 67.6 Å². The molecule has 0 saturated heterocycles. The molecule has 1 atom stereocenters. The Morgan fingerprint density at radius 2 is 1.62 bits per heavy atom. The van der Waals surface area contributed by atoms with Gasteiger partial charge in [-0.1, -0.05) is 58.5 Å². The molecule has 2 rings (SSSR count). The third-order valence-corrected chi connectivity index (χ3v) is 6.51. The number of sulfone groups is 1. The van der Waals surface area contributed by atoms with E-state index >= 15 is 0 Å². The van der Waals surface area contributed by atoms with Crippen LogP contribution < -0.4 is 0 Å². The van der Waals surface area contributed by atoms with Crippen LogP contribution in [-0.2, 0) is 21.2 Å². The first-order valence-corrected chi connectivity index (χ1v) is 10.2. The Kier molecular flexibility index (Phi) is 6.12. The second-order valence-corrected chi connectivity index (χ2v) is 9.39. The van der Waals surface area contributed by atoms with Crippen LogP contribution in [0, 0.1) is 0 Å². The van der Waals surface area contributed by atoms with Gasteiger partial charge in [-0.25, -0.2) is 8.42 Å². The molecule has 0 bridgehead atoms. The van der Waals surface area contributed by atoms with Gasteiger partial charge < -0.3 is 5.11 Å². The van der Waals surface area contributed by atoms with Crippen molar-refractivity contribution in [2.24, 2.45) is 0 Å². The molecule has 0 spiro atoms. The number of rotatable bonds is 5. The molecule has 2 aromatic carbocycles. The second-order valence-electron chi connectivity index (χ2n) is 5.67. The Hall–Kier alpha value is -0.490. The van der Waals surface area contributed by atoms with Gasteiger partial charge >= 0.3 is 0 Å². The van der Waals surface area contributed by atoms with Crippen LogP contribution in [0.5, 0.6) is 0 Å². The summed E-state index contributed by atoms with van der Waals surface area (Å²) in [5.74, 6) is -0.794. The highest BCUT2D eigenvalue weighted by atomic mass is 35.5. The molecule has 8 heteroatoms. The molecule has 0 aliphatic rings. The molecule has 0 heterocycles. The fraction of sp³-hybridized carbons (Fsp3) is 0.250. The van der Waals surface area contributed by atoms with Crippen molar-refractivity contribution in [1.82, 2.24) is 0 Å². The van der Waals surface area contributed by atoms with Gasteiger partial charge in [0.15, 0.2) is 9.84 Å². The summed E-state index contributed by atoms with van der Waals surface area (Å²) in [6.45, 7) is 1.41. The molecular weight excluding hydrogens is 414 g/mol. The van der Waals surface area contributed by atoms with Crippen molar-refractivity contribution in [2.45, 2.75) is 18.3 Å². The van der Waals surface area contributed by atoms with Crippen LogP contribution in [0.25, 0.3) is 0 Å². The van der Waals surface area contributed by atoms with E-state index in [-0.39, 0.29) is 15.8 Å². The normalized spacial score (nSPS) is 14.4. The molecule has 0 amide bonds. The minimum absolute atomic E-state index is 0.243. The lowest BCUT2D eigenvalue weighted by Gasteiger charge is -2.24. The van der Waals surface area contributed by atoms with Gasteiger partial charge in [0.25, 0.3) is 0 Å². The fourth-order valence-corrected chi connectivity index (χ4v) is 4.97. The summed E-state index contributed by atoms with van der Waals surface area (Å²) >= 11 is 23.6. The van der Waals surface area contributed by atoms with E-state index in [1.807, 2.05) is 0 Å². The van der Waals surface area contributed by atoms with Crippen molar-refractivity contribution in [2.75, 3.05) is 5.75 Å². The summed E-state index contributed by atoms with van der Waals surface area (Å²) in [6, 6.07) is 9.10. The first-order valence-electron chi connectivity index (χ1n) is 6.82. The quantitative estimate of drug-likeness (QED) is 0.719. The highest BCUT2D eigenvalue weighted by molar-refractivity contribution is 7.90. The zero-order valence-electron chi connectivity index (χ0n) is 12.6. The van der Waals surface area contributed by atoms with Crippen molar-refractivity contribution in [3.8, 4) is 0 Å². The van der Waals surface area contributed by atoms with Gasteiger partial charge in [-0.15, -0.1) is 0 Å². The van der Waals surface area contributed by atoms with Crippen molar-refractivity contribution >= 4 is 56.2 Å². The van der Waals surface area contributed by atoms with E-state index in [0.717, 1.165) is 0 Å². The maximum Gasteiger partial charge on any atom is 0.157 e. The molecule has 0 fully saturated rings. The van der Waals surface area contributed by atoms with E-state index in [1.165, 1.54) is 25.1 Å². The molecule has 130 valence electrons.